The molecule has 2 aromatic rings. The SMILES string of the molecule is Nc1ccc(OCCn2c(=O)[nH][nH]c2=O)cc1. The number of nitrogens with two attached hydrogens (primary N) is 1. The number of nitrogen functional groups attached to an aromatic ring is 1. The van der Waals surface area contributed by atoms with Gasteiger partial charge in [-0.15, -0.1) is 0 Å². The minimum absolute atomic E-state index is 0.183. The van der Waals surface area contributed by atoms with E-state index in [0.717, 1.165) is 4.57 Å². The number of hydrogen-bond acceptors (Lipinski definition) is 4. The largest absolute Gasteiger partial charge is 0.492 e. The van der Waals surface area contributed by atoms with E-state index in [9.17, 15) is 9.59 Å². The molecule has 4 N–H and O–H groups in total. The zero-order valence-corrected chi connectivity index (χ0v) is 8.97. The molecular formula is C10H12N4O3. The zero-order valence-electron chi connectivity index (χ0n) is 8.97. The highest BCUT2D eigenvalue weighted by Crippen LogP contribution is 2.12. The van der Waals surface area contributed by atoms with Crippen molar-refractivity contribution in [1.29, 1.82) is 0 Å². The van der Waals surface area contributed by atoms with Crippen LogP contribution in [0.1, 0.15) is 0 Å². The Morgan fingerprint density at radius 1 is 1.12 bits per heavy atom. The third-order valence-corrected chi connectivity index (χ3v) is 2.23. The van der Waals surface area contributed by atoms with Gasteiger partial charge in [-0.25, -0.2) is 24.4 Å². The van der Waals surface area contributed by atoms with Crippen LogP contribution in [0.15, 0.2) is 33.9 Å². The Balaban J connectivity index is 1.94. The van der Waals surface area contributed by atoms with Crippen molar-refractivity contribution >= 4 is 5.69 Å². The first-order valence-electron chi connectivity index (χ1n) is 5.02. The molecule has 0 aliphatic rings. The smallest absolute Gasteiger partial charge is 0.344 e. The summed E-state index contributed by atoms with van der Waals surface area (Å²) in [4.78, 5) is 22.3. The lowest BCUT2D eigenvalue weighted by molar-refractivity contribution is 0.294. The van der Waals surface area contributed by atoms with Gasteiger partial charge in [-0.05, 0) is 24.3 Å². The summed E-state index contributed by atoms with van der Waals surface area (Å²) in [5, 5.41) is 4.38. The summed E-state index contributed by atoms with van der Waals surface area (Å²) in [6.07, 6.45) is 0. The summed E-state index contributed by atoms with van der Waals surface area (Å²) < 4.78 is 6.39. The van der Waals surface area contributed by atoms with E-state index in [1.54, 1.807) is 24.3 Å². The number of nitrogens with one attached hydrogen (secondary N) is 2. The molecule has 7 heteroatoms. The van der Waals surface area contributed by atoms with Crippen molar-refractivity contribution in [3.63, 3.8) is 0 Å². The molecule has 17 heavy (non-hydrogen) atoms. The number of aromatic nitrogens is 3. The van der Waals surface area contributed by atoms with Crippen LogP contribution in [0.5, 0.6) is 5.75 Å². The predicted molar refractivity (Wildman–Crippen MR) is 62.0 cm³/mol. The van der Waals surface area contributed by atoms with E-state index < -0.39 is 11.4 Å². The Kier molecular flexibility index (Phi) is 2.99. The van der Waals surface area contributed by atoms with Crippen molar-refractivity contribution in [3.8, 4) is 5.75 Å². The van der Waals surface area contributed by atoms with E-state index in [-0.39, 0.29) is 13.2 Å². The van der Waals surface area contributed by atoms with Gasteiger partial charge in [-0.2, -0.15) is 0 Å². The van der Waals surface area contributed by atoms with Gasteiger partial charge in [0.05, 0.1) is 6.54 Å². The second kappa shape index (κ2) is 4.60. The van der Waals surface area contributed by atoms with Crippen molar-refractivity contribution < 1.29 is 4.74 Å². The first-order chi connectivity index (χ1) is 8.16. The molecule has 0 aliphatic carbocycles. The van der Waals surface area contributed by atoms with Gasteiger partial charge in [0.2, 0.25) is 0 Å². The first kappa shape index (κ1) is 11.1. The number of nitrogens with zero attached hydrogens (tertiary/aromatic N) is 1. The minimum Gasteiger partial charge on any atom is -0.492 e. The highest BCUT2D eigenvalue weighted by atomic mass is 16.5. The fraction of sp³-hybridized carbons (Fsp3) is 0.200. The second-order valence-electron chi connectivity index (χ2n) is 3.43. The number of ether oxygens (including phenoxy) is 1. The molecule has 0 bridgehead atoms. The summed E-state index contributed by atoms with van der Waals surface area (Å²) in [6.45, 7) is 0.410. The van der Waals surface area contributed by atoms with Gasteiger partial charge < -0.3 is 10.5 Å². The summed E-state index contributed by atoms with van der Waals surface area (Å²) >= 11 is 0. The molecule has 0 aliphatic heterocycles. The van der Waals surface area contributed by atoms with Gasteiger partial charge in [0.25, 0.3) is 0 Å². The van der Waals surface area contributed by atoms with Crippen LogP contribution < -0.4 is 21.9 Å². The number of hydrogen-bond donors (Lipinski definition) is 3. The van der Waals surface area contributed by atoms with Crippen LogP contribution in [0, 0.1) is 0 Å². The lowest BCUT2D eigenvalue weighted by atomic mass is 10.3. The maximum absolute atomic E-state index is 11.1. The lowest BCUT2D eigenvalue weighted by Gasteiger charge is -2.05. The van der Waals surface area contributed by atoms with Crippen LogP contribution in [-0.2, 0) is 6.54 Å². The first-order valence-corrected chi connectivity index (χ1v) is 5.02. The third-order valence-electron chi connectivity index (χ3n) is 2.23. The number of H-pyrrole nitrogens is 2. The van der Waals surface area contributed by atoms with Crippen molar-refractivity contribution in [3.05, 3.63) is 45.2 Å². The standard InChI is InChI=1S/C10H12N4O3/c11-7-1-3-8(4-2-7)17-6-5-14-9(15)12-13-10(14)16/h1-4H,5-6,11H2,(H,12,15)(H,13,16). The van der Waals surface area contributed by atoms with Gasteiger partial charge in [0, 0.05) is 5.69 Å². The normalized spacial score (nSPS) is 10.4. The van der Waals surface area contributed by atoms with Crippen molar-refractivity contribution in [2.75, 3.05) is 12.3 Å². The molecular weight excluding hydrogens is 224 g/mol. The van der Waals surface area contributed by atoms with Gasteiger partial charge in [0.15, 0.2) is 0 Å². The molecule has 2 rings (SSSR count). The minimum atomic E-state index is -0.476. The number of rotatable bonds is 4. The highest BCUT2D eigenvalue weighted by molar-refractivity contribution is 5.41. The Morgan fingerprint density at radius 3 is 2.29 bits per heavy atom. The Morgan fingerprint density at radius 2 is 1.71 bits per heavy atom. The van der Waals surface area contributed by atoms with Crippen LogP contribution in [-0.4, -0.2) is 21.4 Å². The van der Waals surface area contributed by atoms with E-state index in [1.807, 2.05) is 0 Å². The molecule has 90 valence electrons. The van der Waals surface area contributed by atoms with E-state index in [2.05, 4.69) is 10.2 Å². The highest BCUT2D eigenvalue weighted by Gasteiger charge is 2.02. The average molecular weight is 236 g/mol. The topological polar surface area (TPSA) is 106 Å². The lowest BCUT2D eigenvalue weighted by Crippen LogP contribution is -2.29. The van der Waals surface area contributed by atoms with Gasteiger partial charge in [0.1, 0.15) is 12.4 Å². The Bertz CT molecular complexity index is 566. The maximum atomic E-state index is 11.1. The molecule has 0 saturated carbocycles. The van der Waals surface area contributed by atoms with Gasteiger partial charge in [-0.3, -0.25) is 0 Å². The zero-order chi connectivity index (χ0) is 12.3. The van der Waals surface area contributed by atoms with Crippen molar-refractivity contribution in [2.45, 2.75) is 6.54 Å². The quantitative estimate of drug-likeness (QED) is 0.623. The fourth-order valence-electron chi connectivity index (χ4n) is 1.36. The van der Waals surface area contributed by atoms with E-state index in [1.165, 1.54) is 0 Å². The van der Waals surface area contributed by atoms with Gasteiger partial charge in [-0.1, -0.05) is 0 Å². The molecule has 0 amide bonds. The molecule has 7 nitrogen and oxygen atoms in total. The van der Waals surface area contributed by atoms with Crippen LogP contribution in [0.25, 0.3) is 0 Å². The van der Waals surface area contributed by atoms with Crippen molar-refractivity contribution in [1.82, 2.24) is 14.8 Å². The van der Waals surface area contributed by atoms with E-state index in [0.29, 0.717) is 11.4 Å². The van der Waals surface area contributed by atoms with E-state index in [4.69, 9.17) is 10.5 Å². The van der Waals surface area contributed by atoms with Crippen LogP contribution in [0.4, 0.5) is 5.69 Å². The average Bonchev–Trinajstić information content (AvgIpc) is 2.63. The number of aromatic amines is 2. The third kappa shape index (κ3) is 2.57. The molecule has 0 atom stereocenters. The second-order valence-corrected chi connectivity index (χ2v) is 3.43. The predicted octanol–water partition coefficient (Wildman–Crippen LogP) is -0.474. The molecule has 1 aromatic carbocycles. The summed E-state index contributed by atoms with van der Waals surface area (Å²) in [5.74, 6) is 0.638. The summed E-state index contributed by atoms with van der Waals surface area (Å²) in [7, 11) is 0. The summed E-state index contributed by atoms with van der Waals surface area (Å²) in [6, 6.07) is 6.87. The number of benzene rings is 1. The van der Waals surface area contributed by atoms with Crippen LogP contribution in [0.3, 0.4) is 0 Å². The molecule has 0 unspecified atom stereocenters. The molecule has 1 heterocycles. The van der Waals surface area contributed by atoms with Crippen LogP contribution in [0.2, 0.25) is 0 Å². The monoisotopic (exact) mass is 236 g/mol. The van der Waals surface area contributed by atoms with Crippen LogP contribution >= 0.6 is 0 Å². The molecule has 0 fully saturated rings. The van der Waals surface area contributed by atoms with Crippen molar-refractivity contribution in [2.24, 2.45) is 0 Å². The number of anilines is 1. The van der Waals surface area contributed by atoms with Gasteiger partial charge >= 0.3 is 11.4 Å². The fourth-order valence-corrected chi connectivity index (χ4v) is 1.36. The molecule has 1 aromatic heterocycles. The maximum Gasteiger partial charge on any atom is 0.344 e. The Labute approximate surface area is 95.8 Å². The Hall–Kier alpha value is -2.44. The molecule has 0 spiro atoms. The molecule has 0 saturated heterocycles. The van der Waals surface area contributed by atoms with E-state index >= 15 is 0 Å². The summed E-state index contributed by atoms with van der Waals surface area (Å²) in [5.41, 5.74) is 5.22. The molecule has 0 radical (unpaired) electrons.